The van der Waals surface area contributed by atoms with Crippen LogP contribution in [-0.4, -0.2) is 0 Å². The third kappa shape index (κ3) is 1.38. The van der Waals surface area contributed by atoms with Gasteiger partial charge in [0.05, 0.1) is 0 Å². The summed E-state index contributed by atoms with van der Waals surface area (Å²) in [5.74, 6) is 0. The summed E-state index contributed by atoms with van der Waals surface area (Å²) in [5.41, 5.74) is 7.01. The Hall–Kier alpha value is -1.82. The minimum Gasteiger partial charge on any atom is -0.0765 e. The molecule has 0 aromatic heterocycles. The largest absolute Gasteiger partial charge is 0.0765 e. The molecule has 1 aliphatic carbocycles. The van der Waals surface area contributed by atoms with Crippen molar-refractivity contribution in [3.8, 4) is 11.1 Å². The lowest BCUT2D eigenvalue weighted by molar-refractivity contribution is 1.31. The molecule has 0 radical (unpaired) electrons. The minimum absolute atomic E-state index is 1.08. The standard InChI is InChI=1S/C16H14/c1-12-10-11-16-14(12)8-5-9-15(16)13-6-3-2-4-7-13/h2-10H,11H2,1H3. The summed E-state index contributed by atoms with van der Waals surface area (Å²) in [5, 5.41) is 0. The molecule has 1 aliphatic rings. The quantitative estimate of drug-likeness (QED) is 0.652. The fourth-order valence-corrected chi connectivity index (χ4v) is 2.43. The highest BCUT2D eigenvalue weighted by atomic mass is 14.2. The second-order valence-corrected chi connectivity index (χ2v) is 4.29. The predicted octanol–water partition coefficient (Wildman–Crippen LogP) is 4.31. The Kier molecular flexibility index (Phi) is 2.14. The van der Waals surface area contributed by atoms with E-state index in [0.717, 1.165) is 6.42 Å². The summed E-state index contributed by atoms with van der Waals surface area (Å²) in [6, 6.07) is 17.2. The summed E-state index contributed by atoms with van der Waals surface area (Å²) in [7, 11) is 0. The van der Waals surface area contributed by atoms with Gasteiger partial charge in [-0.2, -0.15) is 0 Å². The van der Waals surface area contributed by atoms with Crippen molar-refractivity contribution in [2.75, 3.05) is 0 Å². The molecule has 0 N–H and O–H groups in total. The first-order valence-electron chi connectivity index (χ1n) is 5.71. The van der Waals surface area contributed by atoms with E-state index < -0.39 is 0 Å². The van der Waals surface area contributed by atoms with Gasteiger partial charge in [-0.25, -0.2) is 0 Å². The Bertz CT molecular complexity index is 548. The van der Waals surface area contributed by atoms with Crippen LogP contribution in [0.1, 0.15) is 18.1 Å². The van der Waals surface area contributed by atoms with Crippen LogP contribution in [0.5, 0.6) is 0 Å². The van der Waals surface area contributed by atoms with Gasteiger partial charge in [-0.1, -0.05) is 54.6 Å². The zero-order valence-electron chi connectivity index (χ0n) is 9.40. The molecule has 2 aromatic carbocycles. The van der Waals surface area contributed by atoms with Crippen molar-refractivity contribution in [2.24, 2.45) is 0 Å². The molecule has 0 aliphatic heterocycles. The van der Waals surface area contributed by atoms with E-state index in [1.165, 1.54) is 27.8 Å². The number of allylic oxidation sites excluding steroid dienone is 2. The van der Waals surface area contributed by atoms with Gasteiger partial charge in [0.15, 0.2) is 0 Å². The van der Waals surface area contributed by atoms with E-state index >= 15 is 0 Å². The van der Waals surface area contributed by atoms with Crippen LogP contribution in [-0.2, 0) is 6.42 Å². The highest BCUT2D eigenvalue weighted by molar-refractivity contribution is 5.80. The molecule has 0 heteroatoms. The second kappa shape index (κ2) is 3.64. The van der Waals surface area contributed by atoms with Gasteiger partial charge in [0.25, 0.3) is 0 Å². The zero-order valence-corrected chi connectivity index (χ0v) is 9.40. The lowest BCUT2D eigenvalue weighted by Crippen LogP contribution is -1.88. The lowest BCUT2D eigenvalue weighted by atomic mass is 9.95. The third-order valence-electron chi connectivity index (χ3n) is 3.30. The van der Waals surface area contributed by atoms with Crippen LogP contribution in [0.25, 0.3) is 16.7 Å². The Labute approximate surface area is 96.3 Å². The van der Waals surface area contributed by atoms with E-state index in [0.29, 0.717) is 0 Å². The van der Waals surface area contributed by atoms with Crippen LogP contribution in [0.4, 0.5) is 0 Å². The highest BCUT2D eigenvalue weighted by Gasteiger charge is 2.14. The molecule has 0 heterocycles. The molecule has 0 fully saturated rings. The van der Waals surface area contributed by atoms with Crippen molar-refractivity contribution >= 4 is 5.57 Å². The fraction of sp³-hybridized carbons (Fsp3) is 0.125. The van der Waals surface area contributed by atoms with Gasteiger partial charge in [0.2, 0.25) is 0 Å². The Morgan fingerprint density at radius 3 is 2.38 bits per heavy atom. The maximum absolute atomic E-state index is 2.32. The molecule has 16 heavy (non-hydrogen) atoms. The maximum Gasteiger partial charge on any atom is -0.00793 e. The summed E-state index contributed by atoms with van der Waals surface area (Å²) in [6.45, 7) is 2.20. The van der Waals surface area contributed by atoms with Crippen molar-refractivity contribution in [3.05, 3.63) is 65.7 Å². The molecule has 0 unspecified atom stereocenters. The number of hydrogen-bond acceptors (Lipinski definition) is 0. The highest BCUT2D eigenvalue weighted by Crippen LogP contribution is 2.34. The molecular weight excluding hydrogens is 192 g/mol. The average Bonchev–Trinajstić information content (AvgIpc) is 2.73. The molecule has 0 amide bonds. The van der Waals surface area contributed by atoms with E-state index in [9.17, 15) is 0 Å². The third-order valence-corrected chi connectivity index (χ3v) is 3.30. The van der Waals surface area contributed by atoms with Gasteiger partial charge in [0, 0.05) is 0 Å². The van der Waals surface area contributed by atoms with Gasteiger partial charge in [-0.15, -0.1) is 0 Å². The lowest BCUT2D eigenvalue weighted by Gasteiger charge is -2.09. The number of hydrogen-bond donors (Lipinski definition) is 0. The Morgan fingerprint density at radius 2 is 1.56 bits per heavy atom. The van der Waals surface area contributed by atoms with E-state index in [-0.39, 0.29) is 0 Å². The first kappa shape index (κ1) is 9.41. The zero-order chi connectivity index (χ0) is 11.0. The van der Waals surface area contributed by atoms with Crippen LogP contribution in [0.3, 0.4) is 0 Å². The Morgan fingerprint density at radius 1 is 0.812 bits per heavy atom. The van der Waals surface area contributed by atoms with Crippen LogP contribution in [0.2, 0.25) is 0 Å². The van der Waals surface area contributed by atoms with Crippen LogP contribution >= 0.6 is 0 Å². The van der Waals surface area contributed by atoms with Gasteiger partial charge >= 0.3 is 0 Å². The van der Waals surface area contributed by atoms with Gasteiger partial charge in [-0.3, -0.25) is 0 Å². The summed E-state index contributed by atoms with van der Waals surface area (Å²) in [6.07, 6.45) is 3.39. The maximum atomic E-state index is 2.32. The van der Waals surface area contributed by atoms with E-state index in [1.807, 2.05) is 0 Å². The molecule has 0 spiro atoms. The summed E-state index contributed by atoms with van der Waals surface area (Å²) >= 11 is 0. The normalized spacial score (nSPS) is 13.4. The molecule has 0 nitrogen and oxygen atoms in total. The molecule has 0 saturated carbocycles. The van der Waals surface area contributed by atoms with Crippen LogP contribution in [0.15, 0.2) is 54.6 Å². The monoisotopic (exact) mass is 206 g/mol. The predicted molar refractivity (Wildman–Crippen MR) is 69.2 cm³/mol. The molecule has 0 saturated heterocycles. The smallest absolute Gasteiger partial charge is 0.00793 e. The number of fused-ring (bicyclic) bond motifs is 1. The van der Waals surface area contributed by atoms with Crippen molar-refractivity contribution in [3.63, 3.8) is 0 Å². The molecule has 78 valence electrons. The van der Waals surface area contributed by atoms with Crippen molar-refractivity contribution in [1.82, 2.24) is 0 Å². The van der Waals surface area contributed by atoms with Crippen LogP contribution in [0, 0.1) is 0 Å². The van der Waals surface area contributed by atoms with Crippen molar-refractivity contribution < 1.29 is 0 Å². The first-order valence-corrected chi connectivity index (χ1v) is 5.71. The Balaban J connectivity index is 2.19. The first-order chi connectivity index (χ1) is 7.86. The minimum atomic E-state index is 1.08. The molecule has 0 atom stereocenters. The number of rotatable bonds is 1. The van der Waals surface area contributed by atoms with Crippen molar-refractivity contribution in [1.29, 1.82) is 0 Å². The van der Waals surface area contributed by atoms with E-state index in [1.54, 1.807) is 0 Å². The van der Waals surface area contributed by atoms with Crippen molar-refractivity contribution in [2.45, 2.75) is 13.3 Å². The molecule has 2 aromatic rings. The van der Waals surface area contributed by atoms with Gasteiger partial charge < -0.3 is 0 Å². The molecule has 3 rings (SSSR count). The molecule has 0 bridgehead atoms. The molecular formula is C16H14. The topological polar surface area (TPSA) is 0 Å². The second-order valence-electron chi connectivity index (χ2n) is 4.29. The van der Waals surface area contributed by atoms with Gasteiger partial charge in [0.1, 0.15) is 0 Å². The van der Waals surface area contributed by atoms with E-state index in [2.05, 4.69) is 61.5 Å². The van der Waals surface area contributed by atoms with Gasteiger partial charge in [-0.05, 0) is 41.2 Å². The van der Waals surface area contributed by atoms with Crippen LogP contribution < -0.4 is 0 Å². The average molecular weight is 206 g/mol. The SMILES string of the molecule is CC1=CCc2c1cccc2-c1ccccc1. The fourth-order valence-electron chi connectivity index (χ4n) is 2.43. The number of benzene rings is 2. The summed E-state index contributed by atoms with van der Waals surface area (Å²) < 4.78 is 0. The summed E-state index contributed by atoms with van der Waals surface area (Å²) in [4.78, 5) is 0. The van der Waals surface area contributed by atoms with E-state index in [4.69, 9.17) is 0 Å².